The van der Waals surface area contributed by atoms with Gasteiger partial charge in [-0.3, -0.25) is 0 Å². The van der Waals surface area contributed by atoms with E-state index in [2.05, 4.69) is 179 Å². The highest BCUT2D eigenvalue weighted by molar-refractivity contribution is 5.72. The highest BCUT2D eigenvalue weighted by atomic mass is 16.6. The van der Waals surface area contributed by atoms with E-state index in [4.69, 9.17) is 33.2 Å². The summed E-state index contributed by atoms with van der Waals surface area (Å²) in [4.78, 5) is 39.3. The Morgan fingerprint density at radius 2 is 0.600 bits per heavy atom. The standard InChI is InChI=1S/C78H104O12/c1-23-85-66(80)45-88-65-29-27-59(74(7,8)9)36-49(65)31-52-39-61(76(13,14)15)40-53(70(52)84-22)34-57-44-63(78(19,20)21)43-56(72(57)90-47-68(82)87-25-3)33-51-38-60(75(10,11)12)37-50(69(51)83)32-55-42-62(77(16,17)18)41-54(71(55)89-46-67(81)86-24-2)30-48-35-58(73(4,5)6)26-28-64(48)79/h26-29,35-44,79,83H,23-25,30-34,45-47H2,1-22H3. The van der Waals surface area contributed by atoms with Gasteiger partial charge in [0.1, 0.15) is 34.5 Å². The molecule has 12 nitrogen and oxygen atoms in total. The van der Waals surface area contributed by atoms with Gasteiger partial charge in [-0.05, 0) is 154 Å². The van der Waals surface area contributed by atoms with Gasteiger partial charge in [0, 0.05) is 32.1 Å². The van der Waals surface area contributed by atoms with Gasteiger partial charge in [0.15, 0.2) is 19.8 Å². The number of ether oxygens (including phenoxy) is 7. The van der Waals surface area contributed by atoms with Crippen LogP contribution in [0.1, 0.15) is 234 Å². The minimum atomic E-state index is -0.516. The average molecular weight is 1230 g/mol. The second-order valence-corrected chi connectivity index (χ2v) is 30.0. The number of aromatic hydroxyl groups is 2. The predicted octanol–water partition coefficient (Wildman–Crippen LogP) is 16.7. The van der Waals surface area contributed by atoms with Gasteiger partial charge < -0.3 is 43.4 Å². The van der Waals surface area contributed by atoms with Crippen molar-refractivity contribution in [1.29, 1.82) is 0 Å². The van der Waals surface area contributed by atoms with E-state index in [-0.39, 0.29) is 96.5 Å². The Labute approximate surface area is 538 Å². The van der Waals surface area contributed by atoms with E-state index in [1.54, 1.807) is 33.9 Å². The van der Waals surface area contributed by atoms with Crippen LogP contribution in [0.25, 0.3) is 0 Å². The summed E-state index contributed by atoms with van der Waals surface area (Å²) in [6, 6.07) is 28.9. The zero-order valence-corrected chi connectivity index (χ0v) is 58.3. The smallest absolute Gasteiger partial charge is 0.344 e. The fourth-order valence-electron chi connectivity index (χ4n) is 11.0. The van der Waals surface area contributed by atoms with Gasteiger partial charge in [-0.2, -0.15) is 0 Å². The lowest BCUT2D eigenvalue weighted by Crippen LogP contribution is -2.19. The molecule has 0 saturated carbocycles. The van der Waals surface area contributed by atoms with Gasteiger partial charge >= 0.3 is 17.9 Å². The fourth-order valence-corrected chi connectivity index (χ4v) is 11.0. The van der Waals surface area contributed by atoms with Crippen molar-refractivity contribution in [2.24, 2.45) is 0 Å². The summed E-state index contributed by atoms with van der Waals surface area (Å²) in [5, 5.41) is 24.5. The zero-order chi connectivity index (χ0) is 67.1. The van der Waals surface area contributed by atoms with Gasteiger partial charge in [-0.25, -0.2) is 14.4 Å². The minimum Gasteiger partial charge on any atom is -0.508 e. The van der Waals surface area contributed by atoms with E-state index in [0.29, 0.717) is 59.0 Å². The summed E-state index contributed by atoms with van der Waals surface area (Å²) < 4.78 is 42.2. The van der Waals surface area contributed by atoms with Crippen LogP contribution >= 0.6 is 0 Å². The van der Waals surface area contributed by atoms with Crippen molar-refractivity contribution in [2.75, 3.05) is 46.8 Å². The van der Waals surface area contributed by atoms with Crippen LogP contribution in [-0.4, -0.2) is 74.9 Å². The number of rotatable bonds is 23. The number of hydrogen-bond donors (Lipinski definition) is 2. The summed E-state index contributed by atoms with van der Waals surface area (Å²) >= 11 is 0. The number of esters is 3. The first-order valence-electron chi connectivity index (χ1n) is 31.9. The summed E-state index contributed by atoms with van der Waals surface area (Å²) in [5.74, 6) is 0.983. The largest absolute Gasteiger partial charge is 0.508 e. The molecule has 488 valence electrons. The van der Waals surface area contributed by atoms with Crippen LogP contribution in [0.3, 0.4) is 0 Å². The van der Waals surface area contributed by atoms with Crippen molar-refractivity contribution < 1.29 is 57.8 Å². The van der Waals surface area contributed by atoms with Gasteiger partial charge in [0.25, 0.3) is 0 Å². The highest BCUT2D eigenvalue weighted by Gasteiger charge is 2.30. The molecule has 0 spiro atoms. The number of carbonyl (C=O) groups is 3. The van der Waals surface area contributed by atoms with E-state index in [1.165, 1.54) is 0 Å². The van der Waals surface area contributed by atoms with Crippen LogP contribution in [0.2, 0.25) is 0 Å². The van der Waals surface area contributed by atoms with Crippen molar-refractivity contribution in [3.8, 4) is 34.5 Å². The van der Waals surface area contributed by atoms with Crippen molar-refractivity contribution in [2.45, 2.75) is 210 Å². The molecule has 0 saturated heterocycles. The van der Waals surface area contributed by atoms with Crippen LogP contribution in [-0.2, 0) is 93.2 Å². The Morgan fingerprint density at radius 3 is 0.933 bits per heavy atom. The zero-order valence-electron chi connectivity index (χ0n) is 58.3. The second kappa shape index (κ2) is 28.8. The molecule has 0 aliphatic heterocycles. The number of phenolic OH excluding ortho intramolecular Hbond substituents is 2. The van der Waals surface area contributed by atoms with Crippen LogP contribution in [0, 0.1) is 0 Å². The third-order valence-corrected chi connectivity index (χ3v) is 16.4. The number of hydrogen-bond acceptors (Lipinski definition) is 12. The molecule has 6 rings (SSSR count). The van der Waals surface area contributed by atoms with Crippen molar-refractivity contribution >= 4 is 17.9 Å². The summed E-state index contributed by atoms with van der Waals surface area (Å²) in [6.45, 7) is 43.9. The average Bonchev–Trinajstić information content (AvgIpc) is 0.834. The molecule has 0 aromatic heterocycles. The SMILES string of the molecule is CCOC(=O)COc1ccc(C(C)(C)C)cc1Cc1cc(C(C)(C)C)cc(Cc2cc(C(C)(C)C)cc(Cc3cc(C(C)(C)C)cc(Cc4cc(C(C)(C)C)cc(Cc5cc(C(C)(C)C)ccc5O)c4OCC(=O)OCC)c3O)c2OCC(=O)OCC)c1OC. The normalized spacial score (nSPS) is 12.4. The molecule has 2 N–H and O–H groups in total. The lowest BCUT2D eigenvalue weighted by molar-refractivity contribution is -0.146. The fraction of sp³-hybridized carbons (Fsp3) is 0.500. The van der Waals surface area contributed by atoms with E-state index in [0.717, 1.165) is 72.3 Å². The molecule has 0 aliphatic carbocycles. The topological polar surface area (TPSA) is 156 Å². The molecule has 0 amide bonds. The molecular weight excluding hydrogens is 1130 g/mol. The number of phenols is 2. The summed E-state index contributed by atoms with van der Waals surface area (Å²) in [5.41, 5.74) is 12.3. The molecule has 0 radical (unpaired) electrons. The maximum atomic E-state index is 13.4. The maximum absolute atomic E-state index is 13.4. The highest BCUT2D eigenvalue weighted by Crippen LogP contribution is 2.44. The van der Waals surface area contributed by atoms with Gasteiger partial charge in [0.05, 0.1) is 26.9 Å². The Bertz CT molecular complexity index is 3520. The molecule has 0 unspecified atom stereocenters. The Kier molecular flexibility index (Phi) is 22.9. The second-order valence-electron chi connectivity index (χ2n) is 30.0. The van der Waals surface area contributed by atoms with Crippen molar-refractivity contribution in [3.05, 3.63) is 174 Å². The molecule has 90 heavy (non-hydrogen) atoms. The number of methoxy groups -OCH3 is 1. The van der Waals surface area contributed by atoms with Crippen molar-refractivity contribution in [3.63, 3.8) is 0 Å². The van der Waals surface area contributed by atoms with E-state index < -0.39 is 17.9 Å². The number of benzene rings is 6. The van der Waals surface area contributed by atoms with Crippen LogP contribution in [0.15, 0.2) is 84.9 Å². The summed E-state index contributed by atoms with van der Waals surface area (Å²) in [7, 11) is 1.69. The van der Waals surface area contributed by atoms with E-state index in [1.807, 2.05) is 24.3 Å². The van der Waals surface area contributed by atoms with Crippen molar-refractivity contribution in [1.82, 2.24) is 0 Å². The Morgan fingerprint density at radius 1 is 0.333 bits per heavy atom. The number of carbonyl (C=O) groups excluding carboxylic acids is 3. The van der Waals surface area contributed by atoms with Crippen LogP contribution in [0.5, 0.6) is 34.5 Å². The quantitative estimate of drug-likeness (QED) is 0.0463. The molecule has 0 fully saturated rings. The molecular formula is C78H104O12. The Balaban J connectivity index is 1.60. The van der Waals surface area contributed by atoms with Crippen LogP contribution < -0.4 is 18.9 Å². The van der Waals surface area contributed by atoms with Crippen LogP contribution in [0.4, 0.5) is 0 Å². The molecule has 12 heteroatoms. The lowest BCUT2D eigenvalue weighted by atomic mass is 9.80. The molecule has 0 atom stereocenters. The molecule has 0 heterocycles. The molecule has 0 aliphatic rings. The third kappa shape index (κ3) is 18.8. The Hall–Kier alpha value is -7.47. The first-order chi connectivity index (χ1) is 41.7. The first kappa shape index (κ1) is 71.6. The maximum Gasteiger partial charge on any atom is 0.344 e. The summed E-state index contributed by atoms with van der Waals surface area (Å²) in [6.07, 6.45) is 1.49. The van der Waals surface area contributed by atoms with E-state index >= 15 is 0 Å². The molecule has 6 aromatic rings. The van der Waals surface area contributed by atoms with E-state index in [9.17, 15) is 24.6 Å². The van der Waals surface area contributed by atoms with Gasteiger partial charge in [0.2, 0.25) is 0 Å². The van der Waals surface area contributed by atoms with Gasteiger partial charge in [-0.1, -0.05) is 197 Å². The molecule has 0 bridgehead atoms. The first-order valence-corrected chi connectivity index (χ1v) is 31.9. The lowest BCUT2D eigenvalue weighted by Gasteiger charge is -2.27. The molecule has 6 aromatic carbocycles. The minimum absolute atomic E-state index is 0.0851. The predicted molar refractivity (Wildman–Crippen MR) is 361 cm³/mol. The van der Waals surface area contributed by atoms with Gasteiger partial charge in [-0.15, -0.1) is 0 Å². The third-order valence-electron chi connectivity index (χ3n) is 16.4. The monoisotopic (exact) mass is 1230 g/mol.